The summed E-state index contributed by atoms with van der Waals surface area (Å²) in [6, 6.07) is 18.7. The summed E-state index contributed by atoms with van der Waals surface area (Å²) in [6.45, 7) is 29.1. The van der Waals surface area contributed by atoms with Crippen molar-refractivity contribution in [2.24, 2.45) is 62.1 Å². The molecule has 6 atom stereocenters. The quantitative estimate of drug-likeness (QED) is 0.0467. The Morgan fingerprint density at radius 3 is 1.11 bits per heavy atom. The van der Waals surface area contributed by atoms with E-state index in [2.05, 4.69) is 5.32 Å². The van der Waals surface area contributed by atoms with Crippen LogP contribution in [0.1, 0.15) is 252 Å². The van der Waals surface area contributed by atoms with Crippen LogP contribution in [0, 0.1) is 62.1 Å². The molecule has 0 radical (unpaired) electrons. The van der Waals surface area contributed by atoms with E-state index in [-0.39, 0.29) is 46.7 Å². The van der Waals surface area contributed by atoms with Crippen molar-refractivity contribution in [3.8, 4) is 5.75 Å². The molecule has 17 heteroatoms. The van der Waals surface area contributed by atoms with Crippen molar-refractivity contribution < 1.29 is 78.4 Å². The number of nitrogens with one attached hydrogen (secondary N) is 1. The zero-order chi connectivity index (χ0) is 69.4. The summed E-state index contributed by atoms with van der Waals surface area (Å²) >= 11 is 0. The van der Waals surface area contributed by atoms with Crippen molar-refractivity contribution in [1.29, 1.82) is 0 Å². The SMILES string of the molecule is CCC(C)(C)C(=O)Nc1ccccc1.CCC(C)(C)C(=O)OC12CC3CC(C1)CC(C(=O)O)(C3)C2.CCC(C)(C)C(=O)OC12CC3CC(CC(O)(C3)C1)C2.CCC(C)(C)C(=O)OC12CC3CC(O)(CC(O)(C3)C1)C2.CCC(C)(C)C(=O)Oc1ccccc1.CO.CO. The third-order valence-corrected chi connectivity index (χ3v) is 22.6. The Labute approximate surface area is 550 Å². The number of aliphatic carboxylic acids is 1. The molecule has 12 bridgehead atoms. The molecule has 6 unspecified atom stereocenters. The molecular formula is C75H119NO16. The number of hydrogen-bond donors (Lipinski definition) is 7. The summed E-state index contributed by atoms with van der Waals surface area (Å²) in [7, 11) is 2.00. The first-order chi connectivity index (χ1) is 42.7. The summed E-state index contributed by atoms with van der Waals surface area (Å²) < 4.78 is 23.1. The molecular weight excluding hydrogens is 1170 g/mol. The topological polar surface area (TPSA) is 273 Å². The van der Waals surface area contributed by atoms with Gasteiger partial charge >= 0.3 is 29.8 Å². The first kappa shape index (κ1) is 77.8. The van der Waals surface area contributed by atoms with E-state index in [1.54, 1.807) is 12.1 Å². The average molecular weight is 1290 g/mol. The third kappa shape index (κ3) is 19.0. The molecule has 2 aromatic rings. The predicted molar refractivity (Wildman–Crippen MR) is 356 cm³/mol. The van der Waals surface area contributed by atoms with Crippen LogP contribution in [0.4, 0.5) is 5.69 Å². The normalized spacial score (nSPS) is 32.2. The number of carboxylic acid groups (broad SMARTS) is 1. The lowest BCUT2D eigenvalue weighted by molar-refractivity contribution is -0.264. The number of aliphatic hydroxyl groups is 5. The van der Waals surface area contributed by atoms with Crippen LogP contribution in [-0.4, -0.2) is 114 Å². The van der Waals surface area contributed by atoms with Gasteiger partial charge in [-0.05, 0) is 225 Å². The van der Waals surface area contributed by atoms with Crippen LogP contribution in [0.5, 0.6) is 5.75 Å². The fourth-order valence-electron chi connectivity index (χ4n) is 16.5. The number of aliphatic hydroxyl groups excluding tert-OH is 2. The minimum Gasteiger partial charge on any atom is -0.481 e. The van der Waals surface area contributed by atoms with Gasteiger partial charge in [0.05, 0.1) is 43.9 Å². The Morgan fingerprint density at radius 1 is 0.413 bits per heavy atom. The van der Waals surface area contributed by atoms with Crippen molar-refractivity contribution >= 4 is 41.4 Å². The maximum Gasteiger partial charge on any atom is 0.316 e. The monoisotopic (exact) mass is 1290 g/mol. The molecule has 7 N–H and O–H groups in total. The van der Waals surface area contributed by atoms with Crippen LogP contribution in [0.15, 0.2) is 60.7 Å². The molecule has 12 fully saturated rings. The maximum atomic E-state index is 12.5. The second-order valence-electron chi connectivity index (χ2n) is 32.6. The number of hydrogen-bond acceptors (Lipinski definition) is 15. The molecule has 12 aliphatic rings. The summed E-state index contributed by atoms with van der Waals surface area (Å²) in [5, 5.41) is 58.5. The molecule has 14 rings (SSSR count). The number of ether oxygens (including phenoxy) is 4. The highest BCUT2D eigenvalue weighted by Gasteiger charge is 2.66. The van der Waals surface area contributed by atoms with Gasteiger partial charge in [-0.15, -0.1) is 0 Å². The number of carbonyl (C=O) groups excluding carboxylic acids is 5. The Kier molecular flexibility index (Phi) is 25.4. The van der Waals surface area contributed by atoms with Crippen LogP contribution in [0.3, 0.4) is 0 Å². The van der Waals surface area contributed by atoms with Crippen LogP contribution >= 0.6 is 0 Å². The number of carboxylic acids is 1. The van der Waals surface area contributed by atoms with Crippen LogP contribution < -0.4 is 10.1 Å². The highest BCUT2D eigenvalue weighted by Crippen LogP contribution is 2.64. The van der Waals surface area contributed by atoms with Gasteiger partial charge in [-0.1, -0.05) is 84.9 Å². The Morgan fingerprint density at radius 2 is 0.739 bits per heavy atom. The molecule has 12 aliphatic carbocycles. The molecule has 92 heavy (non-hydrogen) atoms. The zero-order valence-corrected chi connectivity index (χ0v) is 59.2. The van der Waals surface area contributed by atoms with Gasteiger partial charge < -0.3 is 54.9 Å². The van der Waals surface area contributed by atoms with E-state index < -0.39 is 61.0 Å². The van der Waals surface area contributed by atoms with E-state index in [1.165, 1.54) is 6.42 Å². The van der Waals surface area contributed by atoms with Crippen molar-refractivity contribution in [1.82, 2.24) is 0 Å². The lowest BCUT2D eigenvalue weighted by Crippen LogP contribution is -2.67. The van der Waals surface area contributed by atoms with E-state index in [4.69, 9.17) is 29.2 Å². The third-order valence-electron chi connectivity index (χ3n) is 22.6. The molecule has 0 aliphatic heterocycles. The lowest BCUT2D eigenvalue weighted by atomic mass is 9.48. The number of carbonyl (C=O) groups is 6. The van der Waals surface area contributed by atoms with Gasteiger partial charge in [0.1, 0.15) is 22.6 Å². The molecule has 12 saturated carbocycles. The van der Waals surface area contributed by atoms with Crippen molar-refractivity contribution in [2.45, 2.75) is 285 Å². The summed E-state index contributed by atoms with van der Waals surface area (Å²) in [5.74, 6) is 1.61. The van der Waals surface area contributed by atoms with Crippen LogP contribution in [0.2, 0.25) is 0 Å². The molecule has 1 amide bonds. The van der Waals surface area contributed by atoms with Crippen molar-refractivity contribution in [2.75, 3.05) is 19.5 Å². The van der Waals surface area contributed by atoms with Crippen molar-refractivity contribution in [3.05, 3.63) is 60.7 Å². The van der Waals surface area contributed by atoms with Crippen molar-refractivity contribution in [3.63, 3.8) is 0 Å². The summed E-state index contributed by atoms with van der Waals surface area (Å²) in [5.41, 5.74) is -5.64. The van der Waals surface area contributed by atoms with Gasteiger partial charge in [0.2, 0.25) is 5.91 Å². The highest BCUT2D eigenvalue weighted by atomic mass is 16.6. The molecule has 0 heterocycles. The van der Waals surface area contributed by atoms with E-state index in [1.807, 2.05) is 152 Å². The first-order valence-electron chi connectivity index (χ1n) is 34.3. The van der Waals surface area contributed by atoms with E-state index in [0.29, 0.717) is 61.5 Å². The van der Waals surface area contributed by atoms with Crippen LogP contribution in [-0.2, 0) is 43.0 Å². The van der Waals surface area contributed by atoms with Gasteiger partial charge in [-0.2, -0.15) is 0 Å². The van der Waals surface area contributed by atoms with Crippen LogP contribution in [0.25, 0.3) is 0 Å². The van der Waals surface area contributed by atoms with Gasteiger partial charge in [0.25, 0.3) is 0 Å². The molecule has 520 valence electrons. The summed E-state index contributed by atoms with van der Waals surface area (Å²) in [4.78, 5) is 72.5. The Hall–Kier alpha value is -4.94. The zero-order valence-electron chi connectivity index (χ0n) is 59.2. The van der Waals surface area contributed by atoms with E-state index in [0.717, 1.165) is 129 Å². The number of benzene rings is 2. The minimum absolute atomic E-state index is 0.0752. The molecule has 2 aromatic carbocycles. The fraction of sp³-hybridized carbons (Fsp3) is 0.760. The van der Waals surface area contributed by atoms with E-state index in [9.17, 15) is 49.2 Å². The van der Waals surface area contributed by atoms with Gasteiger partial charge in [-0.3, -0.25) is 28.8 Å². The number of rotatable bonds is 16. The Bertz CT molecular complexity index is 2690. The number of esters is 4. The minimum atomic E-state index is -0.842. The second kappa shape index (κ2) is 30.0. The molecule has 17 nitrogen and oxygen atoms in total. The summed E-state index contributed by atoms with van der Waals surface area (Å²) in [6.07, 6.45) is 18.1. The first-order valence-corrected chi connectivity index (χ1v) is 34.3. The van der Waals surface area contributed by atoms with Gasteiger partial charge in [0, 0.05) is 57.4 Å². The largest absolute Gasteiger partial charge is 0.481 e. The number of amides is 1. The second-order valence-corrected chi connectivity index (χ2v) is 32.6. The average Bonchev–Trinajstić information content (AvgIpc) is 0.732. The van der Waals surface area contributed by atoms with Gasteiger partial charge in [-0.25, -0.2) is 0 Å². The Balaban J connectivity index is 0.000000208. The predicted octanol–water partition coefficient (Wildman–Crippen LogP) is 13.9. The van der Waals surface area contributed by atoms with Gasteiger partial charge in [0.15, 0.2) is 0 Å². The molecule has 0 saturated heterocycles. The standard InChI is InChI=1S/C17H26O4.C16H26O4.C16H26O3.C12H17NO.C12H16O2.2CH4O/c1-4-15(2,3)14(20)21-17-8-11-5-12(9-17)7-16(6-11,10-17)13(18)19;1-4-13(2,3)12(17)20-16-7-11-5-14(18,9-16)8-15(19,6-11)10-16;1-4-14(2,3)13(17)19-16-8-11-5-12(9-16)7-15(18,6-11)10-16;1-4-12(2,3)11(14)13-10-8-6-5-7-9-10;1-4-12(2,3)11(13)14-10-8-6-5-7-9-10;2*1-2/h11-12H,4-10H2,1-3H3,(H,18,19);11,18-19H,4-10H2,1-3H3;11-12,18H,4-10H2,1-3H3;5-9H,4H2,1-3H3,(H,13,14);5-9H,4H2,1-3H3;2*2H,1H3. The smallest absolute Gasteiger partial charge is 0.316 e. The maximum absolute atomic E-state index is 12.5. The molecule has 0 spiro atoms. The number of anilines is 1. The number of para-hydroxylation sites is 2. The fourth-order valence-corrected chi connectivity index (χ4v) is 16.5. The lowest BCUT2D eigenvalue weighted by Gasteiger charge is -2.62. The van der Waals surface area contributed by atoms with E-state index >= 15 is 0 Å². The molecule has 0 aromatic heterocycles. The highest BCUT2D eigenvalue weighted by molar-refractivity contribution is 5.94.